The Hall–Kier alpha value is -2.73. The van der Waals surface area contributed by atoms with Gasteiger partial charge < -0.3 is 10.2 Å². The second-order valence-corrected chi connectivity index (χ2v) is 6.83. The molecule has 3 heterocycles. The van der Waals surface area contributed by atoms with E-state index < -0.39 is 0 Å². The molecule has 1 N–H and O–H groups in total. The molecule has 0 unspecified atom stereocenters. The van der Waals surface area contributed by atoms with Crippen LogP contribution in [0.4, 0.5) is 11.4 Å². The van der Waals surface area contributed by atoms with Gasteiger partial charge in [0.25, 0.3) is 5.91 Å². The predicted octanol–water partition coefficient (Wildman–Crippen LogP) is 4.06. The molecule has 1 amide bonds. The van der Waals surface area contributed by atoms with E-state index in [0.717, 1.165) is 29.3 Å². The molecule has 1 saturated heterocycles. The van der Waals surface area contributed by atoms with Gasteiger partial charge in [-0.25, -0.2) is 4.98 Å². The van der Waals surface area contributed by atoms with E-state index in [1.165, 1.54) is 29.9 Å². The molecule has 6 heteroatoms. The zero-order valence-electron chi connectivity index (χ0n) is 13.7. The van der Waals surface area contributed by atoms with Gasteiger partial charge in [0.15, 0.2) is 0 Å². The van der Waals surface area contributed by atoms with Crippen LogP contribution in [0.25, 0.3) is 10.6 Å². The van der Waals surface area contributed by atoms with E-state index in [0.29, 0.717) is 5.69 Å². The largest absolute Gasteiger partial charge is 0.372 e. The van der Waals surface area contributed by atoms with Crippen LogP contribution >= 0.6 is 11.3 Å². The van der Waals surface area contributed by atoms with Gasteiger partial charge in [0.2, 0.25) is 0 Å². The van der Waals surface area contributed by atoms with Crippen molar-refractivity contribution in [1.29, 1.82) is 0 Å². The lowest BCUT2D eigenvalue weighted by Gasteiger charge is -2.17. The second-order valence-electron chi connectivity index (χ2n) is 5.97. The minimum Gasteiger partial charge on any atom is -0.372 e. The number of nitrogens with zero attached hydrogens (tertiary/aromatic N) is 3. The van der Waals surface area contributed by atoms with Crippen LogP contribution in [-0.4, -0.2) is 29.0 Å². The first-order valence-corrected chi connectivity index (χ1v) is 9.20. The summed E-state index contributed by atoms with van der Waals surface area (Å²) in [5.74, 6) is -0.189. The average molecular weight is 350 g/mol. The smallest absolute Gasteiger partial charge is 0.275 e. The van der Waals surface area contributed by atoms with Crippen molar-refractivity contribution in [2.75, 3.05) is 23.3 Å². The number of benzene rings is 1. The molecule has 0 radical (unpaired) electrons. The third-order valence-corrected chi connectivity index (χ3v) is 5.15. The molecular weight excluding hydrogens is 332 g/mol. The van der Waals surface area contributed by atoms with Gasteiger partial charge in [-0.3, -0.25) is 9.78 Å². The zero-order chi connectivity index (χ0) is 17.1. The molecule has 0 spiro atoms. The number of hydrogen-bond acceptors (Lipinski definition) is 5. The van der Waals surface area contributed by atoms with Gasteiger partial charge in [-0.15, -0.1) is 11.3 Å². The topological polar surface area (TPSA) is 58.1 Å². The van der Waals surface area contributed by atoms with E-state index in [1.54, 1.807) is 17.8 Å². The molecule has 0 saturated carbocycles. The number of amides is 1. The van der Waals surface area contributed by atoms with Crippen molar-refractivity contribution in [3.05, 3.63) is 59.9 Å². The lowest BCUT2D eigenvalue weighted by atomic mass is 10.2. The highest BCUT2D eigenvalue weighted by molar-refractivity contribution is 7.13. The highest BCUT2D eigenvalue weighted by atomic mass is 32.1. The standard InChI is InChI=1S/C19H18N4OS/c24-18(17-13-25-19(22-17)14-7-9-20-10-8-14)21-15-3-5-16(6-4-15)23-11-1-2-12-23/h3-10,13H,1-2,11-12H2,(H,21,24). The molecule has 25 heavy (non-hydrogen) atoms. The first-order valence-electron chi connectivity index (χ1n) is 8.32. The molecule has 3 aromatic rings. The normalized spacial score (nSPS) is 13.8. The van der Waals surface area contributed by atoms with Gasteiger partial charge in [0.05, 0.1) is 0 Å². The fourth-order valence-corrected chi connectivity index (χ4v) is 3.74. The van der Waals surface area contributed by atoms with E-state index in [2.05, 4.69) is 32.3 Å². The van der Waals surface area contributed by atoms with Crippen molar-refractivity contribution in [3.8, 4) is 10.6 Å². The summed E-state index contributed by atoms with van der Waals surface area (Å²) in [4.78, 5) is 23.2. The molecule has 0 atom stereocenters. The SMILES string of the molecule is O=C(Nc1ccc(N2CCCC2)cc1)c1csc(-c2ccncc2)n1. The fraction of sp³-hybridized carbons (Fsp3) is 0.211. The molecule has 1 fully saturated rings. The Kier molecular flexibility index (Phi) is 4.43. The summed E-state index contributed by atoms with van der Waals surface area (Å²) in [7, 11) is 0. The summed E-state index contributed by atoms with van der Waals surface area (Å²) in [5.41, 5.74) is 3.39. The lowest BCUT2D eigenvalue weighted by molar-refractivity contribution is 0.102. The van der Waals surface area contributed by atoms with Gasteiger partial charge in [0, 0.05) is 47.8 Å². The Morgan fingerprint density at radius 2 is 1.76 bits per heavy atom. The molecule has 1 aliphatic heterocycles. The molecule has 0 aliphatic carbocycles. The first kappa shape index (κ1) is 15.8. The quantitative estimate of drug-likeness (QED) is 0.771. The van der Waals surface area contributed by atoms with E-state index in [9.17, 15) is 4.79 Å². The summed E-state index contributed by atoms with van der Waals surface area (Å²) in [6.07, 6.45) is 5.95. The van der Waals surface area contributed by atoms with Gasteiger partial charge in [-0.1, -0.05) is 0 Å². The van der Waals surface area contributed by atoms with E-state index in [4.69, 9.17) is 0 Å². The van der Waals surface area contributed by atoms with Gasteiger partial charge in [-0.05, 0) is 49.2 Å². The number of anilines is 2. The van der Waals surface area contributed by atoms with E-state index in [-0.39, 0.29) is 5.91 Å². The van der Waals surface area contributed by atoms with Crippen LogP contribution in [0.1, 0.15) is 23.3 Å². The van der Waals surface area contributed by atoms with Crippen molar-refractivity contribution in [3.63, 3.8) is 0 Å². The minimum absolute atomic E-state index is 0.189. The third kappa shape index (κ3) is 3.53. The lowest BCUT2D eigenvalue weighted by Crippen LogP contribution is -2.17. The Morgan fingerprint density at radius 3 is 2.48 bits per heavy atom. The zero-order valence-corrected chi connectivity index (χ0v) is 14.5. The van der Waals surface area contributed by atoms with Crippen LogP contribution in [-0.2, 0) is 0 Å². The maximum Gasteiger partial charge on any atom is 0.275 e. The fourth-order valence-electron chi connectivity index (χ4n) is 2.93. The molecular formula is C19H18N4OS. The highest BCUT2D eigenvalue weighted by Gasteiger charge is 2.14. The van der Waals surface area contributed by atoms with Crippen molar-refractivity contribution >= 4 is 28.6 Å². The number of carbonyl (C=O) groups is 1. The third-order valence-electron chi connectivity index (χ3n) is 4.26. The van der Waals surface area contributed by atoms with Gasteiger partial charge in [-0.2, -0.15) is 0 Å². The van der Waals surface area contributed by atoms with Crippen molar-refractivity contribution < 1.29 is 4.79 Å². The summed E-state index contributed by atoms with van der Waals surface area (Å²) < 4.78 is 0. The van der Waals surface area contributed by atoms with Crippen molar-refractivity contribution in [2.24, 2.45) is 0 Å². The second kappa shape index (κ2) is 7.03. The summed E-state index contributed by atoms with van der Waals surface area (Å²) >= 11 is 1.45. The Morgan fingerprint density at radius 1 is 1.04 bits per heavy atom. The average Bonchev–Trinajstić information content (AvgIpc) is 3.35. The van der Waals surface area contributed by atoms with Crippen LogP contribution < -0.4 is 10.2 Å². The van der Waals surface area contributed by atoms with E-state index in [1.807, 2.05) is 24.3 Å². The number of thiazole rings is 1. The van der Waals surface area contributed by atoms with Crippen LogP contribution in [0.5, 0.6) is 0 Å². The first-order chi connectivity index (χ1) is 12.3. The number of pyridine rings is 1. The van der Waals surface area contributed by atoms with Crippen molar-refractivity contribution in [2.45, 2.75) is 12.8 Å². The highest BCUT2D eigenvalue weighted by Crippen LogP contribution is 2.24. The number of aromatic nitrogens is 2. The number of hydrogen-bond donors (Lipinski definition) is 1. The van der Waals surface area contributed by atoms with Crippen molar-refractivity contribution in [1.82, 2.24) is 9.97 Å². The maximum atomic E-state index is 12.4. The summed E-state index contributed by atoms with van der Waals surface area (Å²) in [6.45, 7) is 2.23. The molecule has 2 aromatic heterocycles. The van der Waals surface area contributed by atoms with E-state index >= 15 is 0 Å². The van der Waals surface area contributed by atoms with Gasteiger partial charge >= 0.3 is 0 Å². The van der Waals surface area contributed by atoms with Crippen LogP contribution in [0.15, 0.2) is 54.2 Å². The van der Waals surface area contributed by atoms with Crippen LogP contribution in [0.2, 0.25) is 0 Å². The molecule has 4 rings (SSSR count). The van der Waals surface area contributed by atoms with Crippen LogP contribution in [0.3, 0.4) is 0 Å². The predicted molar refractivity (Wildman–Crippen MR) is 101 cm³/mol. The minimum atomic E-state index is -0.189. The number of rotatable bonds is 4. The summed E-state index contributed by atoms with van der Waals surface area (Å²) in [5, 5.41) is 5.51. The molecule has 1 aromatic carbocycles. The molecule has 0 bridgehead atoms. The Bertz CT molecular complexity index is 855. The number of carbonyl (C=O) groups excluding carboxylic acids is 1. The maximum absolute atomic E-state index is 12.4. The molecule has 5 nitrogen and oxygen atoms in total. The molecule has 1 aliphatic rings. The Balaban J connectivity index is 1.44. The monoisotopic (exact) mass is 350 g/mol. The van der Waals surface area contributed by atoms with Gasteiger partial charge in [0.1, 0.15) is 10.7 Å². The molecule has 126 valence electrons. The number of nitrogens with one attached hydrogen (secondary N) is 1. The Labute approximate surface area is 150 Å². The van der Waals surface area contributed by atoms with Crippen LogP contribution in [0, 0.1) is 0 Å². The summed E-state index contributed by atoms with van der Waals surface area (Å²) in [6, 6.07) is 11.8.